The molecule has 0 amide bonds. The van der Waals surface area contributed by atoms with Gasteiger partial charge in [0.2, 0.25) is 0 Å². The molecule has 0 rings (SSSR count). The van der Waals surface area contributed by atoms with Crippen molar-refractivity contribution < 1.29 is 4.74 Å². The normalized spacial score (nSPS) is 14.3. The van der Waals surface area contributed by atoms with Crippen LogP contribution in [0.4, 0.5) is 0 Å². The summed E-state index contributed by atoms with van der Waals surface area (Å²) in [5, 5.41) is 1.03. The van der Waals surface area contributed by atoms with Crippen molar-refractivity contribution in [2.75, 3.05) is 5.33 Å². The average Bonchev–Trinajstić information content (AvgIpc) is 1.63. The van der Waals surface area contributed by atoms with Crippen LogP contribution in [0.3, 0.4) is 0 Å². The molecule has 0 saturated heterocycles. The molecule has 0 radical (unpaired) electrons. The first kappa shape index (κ1) is 9.44. The highest BCUT2D eigenvalue weighted by molar-refractivity contribution is 9.09. The highest BCUT2D eigenvalue weighted by Gasteiger charge is 2.01. The Bertz CT molecular complexity index is 63.9. The third-order valence-corrected chi connectivity index (χ3v) is 1.48. The maximum Gasteiger partial charge on any atom is 0.0558 e. The largest absolute Gasteiger partial charge is 0.376 e. The number of ether oxygens (including phenoxy) is 1. The summed E-state index contributed by atoms with van der Waals surface area (Å²) in [7, 11) is 0. The van der Waals surface area contributed by atoms with Gasteiger partial charge in [0, 0.05) is 5.33 Å². The van der Waals surface area contributed by atoms with Crippen LogP contribution in [-0.4, -0.2) is 17.5 Å². The van der Waals surface area contributed by atoms with E-state index >= 15 is 0 Å². The minimum atomic E-state index is 0.360. The maximum atomic E-state index is 5.46. The molecule has 56 valence electrons. The van der Waals surface area contributed by atoms with Crippen molar-refractivity contribution in [3.05, 3.63) is 0 Å². The number of alkyl halides is 1. The van der Waals surface area contributed by atoms with Crippen LogP contribution in [0.1, 0.15) is 27.2 Å². The van der Waals surface area contributed by atoms with Gasteiger partial charge >= 0.3 is 0 Å². The molecule has 1 atom stereocenters. The minimum Gasteiger partial charge on any atom is -0.376 e. The number of halogens is 1. The monoisotopic (exact) mass is 194 g/mol. The number of rotatable bonds is 4. The van der Waals surface area contributed by atoms with Crippen LogP contribution in [0.5, 0.6) is 0 Å². The van der Waals surface area contributed by atoms with Crippen LogP contribution >= 0.6 is 15.9 Å². The lowest BCUT2D eigenvalue weighted by Crippen LogP contribution is -2.14. The molecule has 0 aromatic rings. The lowest BCUT2D eigenvalue weighted by Gasteiger charge is -2.13. The Morgan fingerprint density at radius 2 is 1.89 bits per heavy atom. The molecule has 0 aliphatic carbocycles. The van der Waals surface area contributed by atoms with Crippen molar-refractivity contribution >= 4 is 15.9 Å². The second kappa shape index (κ2) is 5.24. The molecule has 0 saturated carbocycles. The van der Waals surface area contributed by atoms with E-state index in [2.05, 4.69) is 36.7 Å². The van der Waals surface area contributed by atoms with Gasteiger partial charge < -0.3 is 4.74 Å². The summed E-state index contributed by atoms with van der Waals surface area (Å²) >= 11 is 3.36. The van der Waals surface area contributed by atoms with Gasteiger partial charge in [-0.05, 0) is 27.2 Å². The Kier molecular flexibility index (Phi) is 5.50. The third-order valence-electron chi connectivity index (χ3n) is 1.02. The molecule has 2 heteroatoms. The molecule has 0 N–H and O–H groups in total. The highest BCUT2D eigenvalue weighted by Crippen LogP contribution is 2.02. The van der Waals surface area contributed by atoms with Gasteiger partial charge in [-0.1, -0.05) is 15.9 Å². The summed E-state index contributed by atoms with van der Waals surface area (Å²) in [6, 6.07) is 0. The van der Waals surface area contributed by atoms with Gasteiger partial charge in [0.05, 0.1) is 12.2 Å². The second-order valence-corrected chi connectivity index (χ2v) is 3.27. The molecule has 9 heavy (non-hydrogen) atoms. The van der Waals surface area contributed by atoms with E-state index in [4.69, 9.17) is 4.74 Å². The zero-order valence-corrected chi connectivity index (χ0v) is 7.94. The lowest BCUT2D eigenvalue weighted by molar-refractivity contribution is 0.0180. The minimum absolute atomic E-state index is 0.360. The average molecular weight is 195 g/mol. The van der Waals surface area contributed by atoms with E-state index in [9.17, 15) is 0 Å². The summed E-state index contributed by atoms with van der Waals surface area (Å²) in [5.41, 5.74) is 0. The Morgan fingerprint density at radius 1 is 1.33 bits per heavy atom. The van der Waals surface area contributed by atoms with E-state index in [0.717, 1.165) is 11.8 Å². The van der Waals surface area contributed by atoms with Crippen LogP contribution < -0.4 is 0 Å². The third kappa shape index (κ3) is 6.32. The van der Waals surface area contributed by atoms with Crippen molar-refractivity contribution in [3.8, 4) is 0 Å². The fraction of sp³-hybridized carbons (Fsp3) is 1.00. The molecule has 0 heterocycles. The molecule has 0 bridgehead atoms. The van der Waals surface area contributed by atoms with Crippen molar-refractivity contribution in [1.82, 2.24) is 0 Å². The van der Waals surface area contributed by atoms with E-state index in [1.165, 1.54) is 0 Å². The predicted molar refractivity (Wildman–Crippen MR) is 44.1 cm³/mol. The van der Waals surface area contributed by atoms with E-state index < -0.39 is 0 Å². The van der Waals surface area contributed by atoms with Gasteiger partial charge in [-0.15, -0.1) is 0 Å². The van der Waals surface area contributed by atoms with Gasteiger partial charge in [0.15, 0.2) is 0 Å². The highest BCUT2D eigenvalue weighted by atomic mass is 79.9. The molecular weight excluding hydrogens is 180 g/mol. The molecule has 1 nitrogen and oxygen atoms in total. The van der Waals surface area contributed by atoms with Gasteiger partial charge in [-0.3, -0.25) is 0 Å². The maximum absolute atomic E-state index is 5.46. The van der Waals surface area contributed by atoms with Crippen molar-refractivity contribution in [2.24, 2.45) is 0 Å². The standard InChI is InChI=1S/C7H15BrO/c1-6(2)9-7(3)4-5-8/h6-7H,4-5H2,1-3H3. The Hall–Kier alpha value is 0.440. The summed E-state index contributed by atoms with van der Waals surface area (Å²) in [4.78, 5) is 0. The molecule has 0 fully saturated rings. The molecule has 0 aliphatic heterocycles. The van der Waals surface area contributed by atoms with Crippen molar-refractivity contribution in [3.63, 3.8) is 0 Å². The second-order valence-electron chi connectivity index (χ2n) is 2.47. The topological polar surface area (TPSA) is 9.23 Å². The molecule has 0 aliphatic rings. The lowest BCUT2D eigenvalue weighted by atomic mass is 10.3. The summed E-state index contributed by atoms with van der Waals surface area (Å²) < 4.78 is 5.46. The Labute approximate surface area is 65.9 Å². The smallest absolute Gasteiger partial charge is 0.0558 e. The summed E-state index contributed by atoms with van der Waals surface area (Å²) in [6.45, 7) is 6.22. The van der Waals surface area contributed by atoms with Crippen molar-refractivity contribution in [2.45, 2.75) is 39.4 Å². The molecule has 1 unspecified atom stereocenters. The van der Waals surface area contributed by atoms with Crippen LogP contribution in [0.25, 0.3) is 0 Å². The zero-order chi connectivity index (χ0) is 7.28. The SMILES string of the molecule is CC(C)OC(C)CCBr. The first-order chi connectivity index (χ1) is 4.16. The summed E-state index contributed by atoms with van der Waals surface area (Å²) in [6.07, 6.45) is 1.85. The molecule has 0 aromatic heterocycles. The molecule has 0 spiro atoms. The zero-order valence-electron chi connectivity index (χ0n) is 6.36. The first-order valence-electron chi connectivity index (χ1n) is 3.38. The number of hydrogen-bond donors (Lipinski definition) is 0. The first-order valence-corrected chi connectivity index (χ1v) is 4.50. The Balaban J connectivity index is 3.15. The summed E-state index contributed by atoms with van der Waals surface area (Å²) in [5.74, 6) is 0. The fourth-order valence-electron chi connectivity index (χ4n) is 0.686. The van der Waals surface area contributed by atoms with E-state index in [0.29, 0.717) is 12.2 Å². The van der Waals surface area contributed by atoms with Gasteiger partial charge in [-0.2, -0.15) is 0 Å². The quantitative estimate of drug-likeness (QED) is 0.626. The molecule has 0 aromatic carbocycles. The van der Waals surface area contributed by atoms with Gasteiger partial charge in [-0.25, -0.2) is 0 Å². The fourth-order valence-corrected chi connectivity index (χ4v) is 1.33. The van der Waals surface area contributed by atoms with Crippen LogP contribution in [-0.2, 0) is 4.74 Å². The number of hydrogen-bond acceptors (Lipinski definition) is 1. The predicted octanol–water partition coefficient (Wildman–Crippen LogP) is 2.58. The van der Waals surface area contributed by atoms with Gasteiger partial charge in [0.1, 0.15) is 0 Å². The van der Waals surface area contributed by atoms with Crippen LogP contribution in [0.15, 0.2) is 0 Å². The van der Waals surface area contributed by atoms with Crippen LogP contribution in [0.2, 0.25) is 0 Å². The Morgan fingerprint density at radius 3 is 2.22 bits per heavy atom. The molecular formula is C7H15BrO. The van der Waals surface area contributed by atoms with Crippen molar-refractivity contribution in [1.29, 1.82) is 0 Å². The van der Waals surface area contributed by atoms with E-state index in [1.54, 1.807) is 0 Å². The van der Waals surface area contributed by atoms with E-state index in [1.807, 2.05) is 0 Å². The van der Waals surface area contributed by atoms with E-state index in [-0.39, 0.29) is 0 Å². The van der Waals surface area contributed by atoms with Gasteiger partial charge in [0.25, 0.3) is 0 Å². The van der Waals surface area contributed by atoms with Crippen LogP contribution in [0, 0.1) is 0 Å².